The molecule has 1 fully saturated rings. The number of carbonyl (C=O) groups excluding carboxylic acids is 1. The van der Waals surface area contributed by atoms with Crippen LogP contribution in [-0.4, -0.2) is 29.1 Å². The van der Waals surface area contributed by atoms with Gasteiger partial charge >= 0.3 is 0 Å². The van der Waals surface area contributed by atoms with E-state index in [0.29, 0.717) is 24.0 Å². The minimum absolute atomic E-state index is 0.0344. The van der Waals surface area contributed by atoms with Crippen molar-refractivity contribution in [3.63, 3.8) is 0 Å². The summed E-state index contributed by atoms with van der Waals surface area (Å²) < 4.78 is 10.5. The molecule has 1 unspecified atom stereocenters. The van der Waals surface area contributed by atoms with E-state index < -0.39 is 0 Å². The highest BCUT2D eigenvalue weighted by Gasteiger charge is 2.25. The Hall–Kier alpha value is -2.15. The molecule has 3 heterocycles. The quantitative estimate of drug-likeness (QED) is 0.799. The van der Waals surface area contributed by atoms with E-state index in [1.54, 1.807) is 6.26 Å². The third-order valence-corrected chi connectivity index (χ3v) is 2.82. The fourth-order valence-electron chi connectivity index (χ4n) is 1.81. The molecule has 2 aromatic heterocycles. The van der Waals surface area contributed by atoms with Crippen molar-refractivity contribution in [1.82, 2.24) is 20.8 Å². The highest BCUT2D eigenvalue weighted by molar-refractivity contribution is 5.78. The van der Waals surface area contributed by atoms with Crippen LogP contribution in [-0.2, 0) is 4.79 Å². The molecule has 0 bridgehead atoms. The van der Waals surface area contributed by atoms with Crippen molar-refractivity contribution in [2.45, 2.75) is 13.0 Å². The molecule has 0 aromatic carbocycles. The Balaban J connectivity index is 1.82. The van der Waals surface area contributed by atoms with Crippen molar-refractivity contribution in [1.29, 1.82) is 0 Å². The molecular formula is C11H12N4O3. The van der Waals surface area contributed by atoms with Gasteiger partial charge < -0.3 is 14.3 Å². The first kappa shape index (κ1) is 11.0. The van der Waals surface area contributed by atoms with Gasteiger partial charge in [0, 0.05) is 6.54 Å². The summed E-state index contributed by atoms with van der Waals surface area (Å²) in [4.78, 5) is 15.3. The van der Waals surface area contributed by atoms with E-state index in [0.717, 1.165) is 5.56 Å². The summed E-state index contributed by atoms with van der Waals surface area (Å²) in [6.45, 7) is 2.60. The molecule has 3 rings (SSSR count). The van der Waals surface area contributed by atoms with Crippen LogP contribution in [0.1, 0.15) is 17.5 Å². The van der Waals surface area contributed by atoms with Crippen LogP contribution in [0, 0.1) is 6.92 Å². The van der Waals surface area contributed by atoms with Crippen LogP contribution in [0.4, 0.5) is 0 Å². The predicted molar refractivity (Wildman–Crippen MR) is 60.5 cm³/mol. The molecule has 7 nitrogen and oxygen atoms in total. The minimum atomic E-state index is -0.154. The van der Waals surface area contributed by atoms with Gasteiger partial charge in [0.1, 0.15) is 6.04 Å². The minimum Gasteiger partial charge on any atom is -0.461 e. The maximum atomic E-state index is 11.0. The average Bonchev–Trinajstić information content (AvgIpc) is 2.98. The van der Waals surface area contributed by atoms with Gasteiger partial charge in [-0.25, -0.2) is 0 Å². The molecular weight excluding hydrogens is 236 g/mol. The summed E-state index contributed by atoms with van der Waals surface area (Å²) in [6.07, 6.45) is 1.58. The van der Waals surface area contributed by atoms with Crippen molar-refractivity contribution >= 4 is 5.91 Å². The lowest BCUT2D eigenvalue weighted by Crippen LogP contribution is -2.47. The van der Waals surface area contributed by atoms with Crippen molar-refractivity contribution in [2.24, 2.45) is 0 Å². The maximum absolute atomic E-state index is 11.0. The Kier molecular flexibility index (Phi) is 2.60. The Bertz CT molecular complexity index is 564. The number of nitrogens with one attached hydrogen (secondary N) is 2. The molecule has 1 saturated heterocycles. The van der Waals surface area contributed by atoms with E-state index in [-0.39, 0.29) is 18.5 Å². The first-order chi connectivity index (χ1) is 8.74. The summed E-state index contributed by atoms with van der Waals surface area (Å²) in [6, 6.07) is 1.68. The van der Waals surface area contributed by atoms with Crippen molar-refractivity contribution in [3.8, 4) is 11.6 Å². The van der Waals surface area contributed by atoms with Gasteiger partial charge in [0.2, 0.25) is 17.6 Å². The largest absolute Gasteiger partial charge is 0.461 e. The number of nitrogens with zero attached hydrogens (tertiary/aromatic N) is 2. The number of piperazine rings is 1. The lowest BCUT2D eigenvalue weighted by molar-refractivity contribution is -0.121. The summed E-state index contributed by atoms with van der Waals surface area (Å²) in [5, 5.41) is 9.63. The second kappa shape index (κ2) is 4.26. The Labute approximate surface area is 103 Å². The van der Waals surface area contributed by atoms with Crippen LogP contribution in [0.3, 0.4) is 0 Å². The van der Waals surface area contributed by atoms with Crippen LogP contribution < -0.4 is 10.6 Å². The number of hydrogen-bond acceptors (Lipinski definition) is 6. The third-order valence-electron chi connectivity index (χ3n) is 2.82. The Morgan fingerprint density at radius 2 is 2.39 bits per heavy atom. The van der Waals surface area contributed by atoms with Gasteiger partial charge in [0.25, 0.3) is 0 Å². The SMILES string of the molecule is Cc1ccoc1-c1noc(C2CNC(=O)CN2)n1. The highest BCUT2D eigenvalue weighted by atomic mass is 16.5. The van der Waals surface area contributed by atoms with Crippen molar-refractivity contribution < 1.29 is 13.7 Å². The molecule has 18 heavy (non-hydrogen) atoms. The highest BCUT2D eigenvalue weighted by Crippen LogP contribution is 2.23. The van der Waals surface area contributed by atoms with Gasteiger partial charge in [-0.3, -0.25) is 10.1 Å². The van der Waals surface area contributed by atoms with Gasteiger partial charge in [-0.05, 0) is 18.6 Å². The van der Waals surface area contributed by atoms with E-state index in [9.17, 15) is 4.79 Å². The normalized spacial score (nSPS) is 19.8. The number of rotatable bonds is 2. The van der Waals surface area contributed by atoms with E-state index in [2.05, 4.69) is 20.8 Å². The van der Waals surface area contributed by atoms with Gasteiger partial charge in [-0.2, -0.15) is 4.98 Å². The molecule has 1 atom stereocenters. The number of carbonyl (C=O) groups is 1. The number of aryl methyl sites for hydroxylation is 1. The summed E-state index contributed by atoms with van der Waals surface area (Å²) in [5.41, 5.74) is 0.951. The van der Waals surface area contributed by atoms with E-state index >= 15 is 0 Å². The molecule has 0 radical (unpaired) electrons. The maximum Gasteiger partial charge on any atom is 0.246 e. The molecule has 0 saturated carbocycles. The lowest BCUT2D eigenvalue weighted by atomic mass is 10.2. The average molecular weight is 248 g/mol. The van der Waals surface area contributed by atoms with Gasteiger partial charge in [-0.1, -0.05) is 5.16 Å². The smallest absolute Gasteiger partial charge is 0.246 e. The molecule has 0 spiro atoms. The number of aromatic nitrogens is 2. The van der Waals surface area contributed by atoms with Crippen molar-refractivity contribution in [2.75, 3.05) is 13.1 Å². The number of amides is 1. The van der Waals surface area contributed by atoms with Crippen LogP contribution in [0.2, 0.25) is 0 Å². The summed E-state index contributed by atoms with van der Waals surface area (Å²) >= 11 is 0. The van der Waals surface area contributed by atoms with Crippen LogP contribution in [0.25, 0.3) is 11.6 Å². The Morgan fingerprint density at radius 3 is 3.06 bits per heavy atom. The zero-order valence-corrected chi connectivity index (χ0v) is 9.77. The fraction of sp³-hybridized carbons (Fsp3) is 0.364. The molecule has 7 heteroatoms. The van der Waals surface area contributed by atoms with Gasteiger partial charge in [0.05, 0.1) is 12.8 Å². The summed E-state index contributed by atoms with van der Waals surface area (Å²) in [7, 11) is 0. The number of furan rings is 1. The van der Waals surface area contributed by atoms with Gasteiger partial charge in [-0.15, -0.1) is 0 Å². The lowest BCUT2D eigenvalue weighted by Gasteiger charge is -2.20. The first-order valence-electron chi connectivity index (χ1n) is 5.62. The molecule has 0 aliphatic carbocycles. The fourth-order valence-corrected chi connectivity index (χ4v) is 1.81. The van der Waals surface area contributed by atoms with Crippen LogP contribution >= 0.6 is 0 Å². The molecule has 1 aliphatic rings. The van der Waals surface area contributed by atoms with E-state index in [1.165, 1.54) is 0 Å². The predicted octanol–water partition coefficient (Wildman–Crippen LogP) is 0.399. The van der Waals surface area contributed by atoms with Gasteiger partial charge in [0.15, 0.2) is 5.76 Å². The van der Waals surface area contributed by atoms with Crippen LogP contribution in [0.15, 0.2) is 21.3 Å². The molecule has 2 N–H and O–H groups in total. The molecule has 94 valence electrons. The second-order valence-corrected chi connectivity index (χ2v) is 4.13. The topological polar surface area (TPSA) is 93.2 Å². The van der Waals surface area contributed by atoms with Crippen LogP contribution in [0.5, 0.6) is 0 Å². The van der Waals surface area contributed by atoms with E-state index in [1.807, 2.05) is 13.0 Å². The van der Waals surface area contributed by atoms with E-state index in [4.69, 9.17) is 8.94 Å². The summed E-state index contributed by atoms with van der Waals surface area (Å²) in [5.74, 6) is 1.43. The van der Waals surface area contributed by atoms with Crippen molar-refractivity contribution in [3.05, 3.63) is 23.8 Å². The zero-order chi connectivity index (χ0) is 12.5. The second-order valence-electron chi connectivity index (χ2n) is 4.13. The number of hydrogen-bond donors (Lipinski definition) is 2. The third kappa shape index (κ3) is 1.88. The molecule has 2 aromatic rings. The standard InChI is InChI=1S/C11H12N4O3/c1-6-2-3-17-9(6)10-14-11(18-15-10)7-4-13-8(16)5-12-7/h2-3,7,12H,4-5H2,1H3,(H,13,16). The zero-order valence-electron chi connectivity index (χ0n) is 9.77. The monoisotopic (exact) mass is 248 g/mol. The first-order valence-corrected chi connectivity index (χ1v) is 5.62. The molecule has 1 amide bonds. The Morgan fingerprint density at radius 1 is 1.50 bits per heavy atom. The molecule has 1 aliphatic heterocycles.